The summed E-state index contributed by atoms with van der Waals surface area (Å²) in [5.41, 5.74) is 3.20. The Morgan fingerprint density at radius 1 is 1.00 bits per heavy atom. The molecule has 3 aromatic carbocycles. The van der Waals surface area contributed by atoms with Crippen molar-refractivity contribution in [1.82, 2.24) is 10.2 Å². The van der Waals surface area contributed by atoms with Gasteiger partial charge in [-0.05, 0) is 42.0 Å². The first-order valence-electron chi connectivity index (χ1n) is 9.52. The van der Waals surface area contributed by atoms with Crippen molar-refractivity contribution in [2.75, 3.05) is 4.90 Å². The van der Waals surface area contributed by atoms with Crippen LogP contribution in [0.25, 0.3) is 11.3 Å². The summed E-state index contributed by atoms with van der Waals surface area (Å²) in [4.78, 5) is 25.9. The van der Waals surface area contributed by atoms with Crippen molar-refractivity contribution in [1.29, 1.82) is 0 Å². The van der Waals surface area contributed by atoms with Gasteiger partial charge in [0.15, 0.2) is 0 Å². The minimum absolute atomic E-state index is 0.0711. The number of non-ortho nitro benzene ring substituents is 1. The van der Waals surface area contributed by atoms with E-state index in [1.54, 1.807) is 41.3 Å². The fraction of sp³-hybridized carbons (Fsp3) is 0.0435. The predicted octanol–water partition coefficient (Wildman–Crippen LogP) is 4.87. The number of hydrogen-bond acceptors (Lipinski definition) is 4. The number of nitro benzene ring substituents is 1. The molecule has 4 aromatic rings. The molecular formula is C23H15FN4O3. The molecule has 0 spiro atoms. The first-order valence-corrected chi connectivity index (χ1v) is 9.52. The van der Waals surface area contributed by atoms with E-state index in [0.29, 0.717) is 33.8 Å². The lowest BCUT2D eigenvalue weighted by atomic mass is 9.95. The van der Waals surface area contributed by atoms with Gasteiger partial charge in [-0.15, -0.1) is 0 Å². The first kappa shape index (κ1) is 18.7. The van der Waals surface area contributed by atoms with Crippen molar-refractivity contribution < 1.29 is 14.1 Å². The number of nitro groups is 1. The Balaban J connectivity index is 1.74. The standard InChI is InChI=1S/C23H15FN4O3/c24-16-11-9-14(10-12-16)20-19-21(26-25-20)23(29)27(17-6-2-1-3-7-17)22(19)15-5-4-8-18(13-15)28(30)31/h1-13,22H,(H,25,26). The third kappa shape index (κ3) is 3.05. The number of halogens is 1. The number of hydrogen-bond donors (Lipinski definition) is 1. The Morgan fingerprint density at radius 2 is 1.74 bits per heavy atom. The highest BCUT2D eigenvalue weighted by atomic mass is 19.1. The lowest BCUT2D eigenvalue weighted by Gasteiger charge is -2.26. The molecule has 2 heterocycles. The van der Waals surface area contributed by atoms with Crippen molar-refractivity contribution in [3.63, 3.8) is 0 Å². The molecule has 1 aliphatic heterocycles. The van der Waals surface area contributed by atoms with Gasteiger partial charge in [0, 0.05) is 28.9 Å². The highest BCUT2D eigenvalue weighted by molar-refractivity contribution is 6.11. The van der Waals surface area contributed by atoms with Crippen LogP contribution in [0.2, 0.25) is 0 Å². The number of nitrogens with zero attached hydrogens (tertiary/aromatic N) is 3. The number of carbonyl (C=O) groups excluding carboxylic acids is 1. The number of H-pyrrole nitrogens is 1. The second-order valence-corrected chi connectivity index (χ2v) is 7.13. The zero-order valence-electron chi connectivity index (χ0n) is 16.0. The smallest absolute Gasteiger partial charge is 0.277 e. The zero-order valence-corrected chi connectivity index (χ0v) is 16.0. The molecule has 0 fully saturated rings. The van der Waals surface area contributed by atoms with Gasteiger partial charge in [-0.1, -0.05) is 30.3 Å². The van der Waals surface area contributed by atoms with E-state index in [4.69, 9.17) is 0 Å². The molecule has 1 amide bonds. The van der Waals surface area contributed by atoms with Crippen LogP contribution in [0.4, 0.5) is 15.8 Å². The maximum Gasteiger partial charge on any atom is 0.277 e. The van der Waals surface area contributed by atoms with Crippen LogP contribution in [0.3, 0.4) is 0 Å². The molecule has 5 rings (SSSR count). The van der Waals surface area contributed by atoms with Gasteiger partial charge in [-0.3, -0.25) is 24.9 Å². The summed E-state index contributed by atoms with van der Waals surface area (Å²) in [7, 11) is 0. The molecular weight excluding hydrogens is 399 g/mol. The van der Waals surface area contributed by atoms with Gasteiger partial charge in [-0.2, -0.15) is 5.10 Å². The van der Waals surface area contributed by atoms with Crippen LogP contribution in [-0.4, -0.2) is 21.0 Å². The Kier molecular flexibility index (Phi) is 4.32. The summed E-state index contributed by atoms with van der Waals surface area (Å²) in [6.07, 6.45) is 0. The predicted molar refractivity (Wildman–Crippen MR) is 112 cm³/mol. The molecule has 1 unspecified atom stereocenters. The molecule has 1 atom stereocenters. The lowest BCUT2D eigenvalue weighted by molar-refractivity contribution is -0.384. The molecule has 7 nitrogen and oxygen atoms in total. The number of anilines is 1. The number of rotatable bonds is 4. The van der Waals surface area contributed by atoms with Gasteiger partial charge in [0.05, 0.1) is 16.7 Å². The molecule has 0 bridgehead atoms. The third-order valence-electron chi connectivity index (χ3n) is 5.32. The average molecular weight is 414 g/mol. The van der Waals surface area contributed by atoms with Crippen molar-refractivity contribution in [2.45, 2.75) is 6.04 Å². The van der Waals surface area contributed by atoms with Crippen LogP contribution in [-0.2, 0) is 0 Å². The minimum atomic E-state index is -0.636. The zero-order chi connectivity index (χ0) is 21.5. The number of amides is 1. The number of para-hydroxylation sites is 1. The largest absolute Gasteiger partial charge is 0.295 e. The number of carbonyl (C=O) groups is 1. The van der Waals surface area contributed by atoms with Crippen LogP contribution in [0, 0.1) is 15.9 Å². The van der Waals surface area contributed by atoms with Crippen LogP contribution in [0.5, 0.6) is 0 Å². The fourth-order valence-corrected chi connectivity index (χ4v) is 3.95. The second-order valence-electron chi connectivity index (χ2n) is 7.13. The van der Waals surface area contributed by atoms with E-state index >= 15 is 0 Å². The Labute approximate surface area is 175 Å². The second kappa shape index (κ2) is 7.17. The van der Waals surface area contributed by atoms with Crippen molar-refractivity contribution in [2.24, 2.45) is 0 Å². The van der Waals surface area contributed by atoms with Crippen LogP contribution in [0.1, 0.15) is 27.7 Å². The Bertz CT molecular complexity index is 1300. The van der Waals surface area contributed by atoms with Crippen LogP contribution in [0.15, 0.2) is 78.9 Å². The highest BCUT2D eigenvalue weighted by Gasteiger charge is 2.43. The SMILES string of the molecule is O=C1c2[nH]nc(-c3ccc(F)cc3)c2C(c2cccc([N+](=O)[O-])c2)N1c1ccccc1. The van der Waals surface area contributed by atoms with Crippen molar-refractivity contribution in [3.8, 4) is 11.3 Å². The molecule has 0 aliphatic carbocycles. The topological polar surface area (TPSA) is 92.1 Å². The monoisotopic (exact) mass is 414 g/mol. The van der Waals surface area contributed by atoms with Crippen molar-refractivity contribution in [3.05, 3.63) is 112 Å². The van der Waals surface area contributed by atoms with E-state index in [-0.39, 0.29) is 17.4 Å². The number of fused-ring (bicyclic) bond motifs is 1. The van der Waals surface area contributed by atoms with Gasteiger partial charge >= 0.3 is 0 Å². The fourth-order valence-electron chi connectivity index (χ4n) is 3.95. The summed E-state index contributed by atoms with van der Waals surface area (Å²) < 4.78 is 13.5. The van der Waals surface area contributed by atoms with Crippen LogP contribution >= 0.6 is 0 Å². The number of aromatic nitrogens is 2. The summed E-state index contributed by atoms with van der Waals surface area (Å²) in [5.74, 6) is -0.674. The quantitative estimate of drug-likeness (QED) is 0.381. The third-order valence-corrected chi connectivity index (χ3v) is 5.32. The van der Waals surface area contributed by atoms with Gasteiger partial charge in [0.1, 0.15) is 11.5 Å². The first-order chi connectivity index (χ1) is 15.0. The van der Waals surface area contributed by atoms with E-state index in [9.17, 15) is 19.3 Å². The van der Waals surface area contributed by atoms with E-state index < -0.39 is 11.0 Å². The number of aromatic amines is 1. The molecule has 31 heavy (non-hydrogen) atoms. The van der Waals surface area contributed by atoms with E-state index in [2.05, 4.69) is 10.2 Å². The average Bonchev–Trinajstić information content (AvgIpc) is 3.34. The molecule has 0 radical (unpaired) electrons. The van der Waals surface area contributed by atoms with Gasteiger partial charge in [0.25, 0.3) is 11.6 Å². The van der Waals surface area contributed by atoms with Crippen LogP contribution < -0.4 is 4.90 Å². The lowest BCUT2D eigenvalue weighted by Crippen LogP contribution is -2.29. The molecule has 1 aliphatic rings. The van der Waals surface area contributed by atoms with Gasteiger partial charge in [0.2, 0.25) is 0 Å². The van der Waals surface area contributed by atoms with Crippen molar-refractivity contribution >= 4 is 17.3 Å². The molecule has 0 saturated heterocycles. The number of nitrogens with one attached hydrogen (secondary N) is 1. The van der Waals surface area contributed by atoms with Gasteiger partial charge < -0.3 is 0 Å². The molecule has 8 heteroatoms. The number of benzene rings is 3. The summed E-state index contributed by atoms with van der Waals surface area (Å²) in [6, 6.07) is 20.5. The Morgan fingerprint density at radius 3 is 2.45 bits per heavy atom. The maximum absolute atomic E-state index is 13.5. The minimum Gasteiger partial charge on any atom is -0.295 e. The van der Waals surface area contributed by atoms with E-state index in [1.807, 2.05) is 18.2 Å². The molecule has 1 N–H and O–H groups in total. The normalized spacial score (nSPS) is 15.2. The summed E-state index contributed by atoms with van der Waals surface area (Å²) in [6.45, 7) is 0. The Hall–Kier alpha value is -4.33. The summed E-state index contributed by atoms with van der Waals surface area (Å²) >= 11 is 0. The van der Waals surface area contributed by atoms with Gasteiger partial charge in [-0.25, -0.2) is 4.39 Å². The van der Waals surface area contributed by atoms with E-state index in [1.165, 1.54) is 24.3 Å². The molecule has 0 saturated carbocycles. The van der Waals surface area contributed by atoms with E-state index in [0.717, 1.165) is 0 Å². The molecule has 1 aromatic heterocycles. The maximum atomic E-state index is 13.5. The molecule has 152 valence electrons. The summed E-state index contributed by atoms with van der Waals surface area (Å²) in [5, 5.41) is 18.5. The highest BCUT2D eigenvalue weighted by Crippen LogP contribution is 2.45.